The molecule has 2 aliphatic heterocycles. The Morgan fingerprint density at radius 1 is 1.22 bits per heavy atom. The van der Waals surface area contributed by atoms with Crippen molar-refractivity contribution in [2.75, 3.05) is 58.9 Å². The van der Waals surface area contributed by atoms with Crippen molar-refractivity contribution in [3.05, 3.63) is 72.9 Å². The summed E-state index contributed by atoms with van der Waals surface area (Å²) in [5.74, 6) is 0.168. The number of aliphatic imine (C=N–C) groups is 1. The third-order valence-corrected chi connectivity index (χ3v) is 6.93. The molecule has 2 aliphatic rings. The number of pyridine rings is 1. The first-order chi connectivity index (χ1) is 19.6. The first-order valence-electron chi connectivity index (χ1n) is 13.5. The summed E-state index contributed by atoms with van der Waals surface area (Å²) in [6, 6.07) is 8.74. The van der Waals surface area contributed by atoms with Gasteiger partial charge in [0, 0.05) is 41.7 Å². The van der Waals surface area contributed by atoms with Gasteiger partial charge in [0.05, 0.1) is 58.4 Å². The van der Waals surface area contributed by atoms with E-state index in [-0.39, 0.29) is 24.4 Å². The second-order valence-corrected chi connectivity index (χ2v) is 11.2. The number of rotatable bonds is 10. The summed E-state index contributed by atoms with van der Waals surface area (Å²) < 4.78 is 33.9. The van der Waals surface area contributed by atoms with Gasteiger partial charge in [0.2, 0.25) is 0 Å². The van der Waals surface area contributed by atoms with Gasteiger partial charge in [-0.15, -0.1) is 5.10 Å². The highest BCUT2D eigenvalue weighted by molar-refractivity contribution is 6.00. The largest absolute Gasteiger partial charge is 0.508 e. The quantitative estimate of drug-likeness (QED) is 0.272. The monoisotopic (exact) mass is 564 g/mol. The molecule has 5 rings (SSSR count). The van der Waals surface area contributed by atoms with E-state index < -0.39 is 6.16 Å². The van der Waals surface area contributed by atoms with Crippen LogP contribution >= 0.6 is 0 Å². The van der Waals surface area contributed by atoms with E-state index in [1.807, 2.05) is 44.2 Å². The second-order valence-electron chi connectivity index (χ2n) is 11.2. The smallest absolute Gasteiger partial charge is 0.472 e. The summed E-state index contributed by atoms with van der Waals surface area (Å²) in [6.07, 6.45) is 4.84. The summed E-state index contributed by atoms with van der Waals surface area (Å²) in [6.45, 7) is 6.83. The van der Waals surface area contributed by atoms with Crippen LogP contribution in [0.1, 0.15) is 12.1 Å². The fraction of sp³-hybridized carbons (Fsp3) is 0.414. The topological polar surface area (TPSA) is 104 Å². The van der Waals surface area contributed by atoms with Crippen molar-refractivity contribution in [2.24, 2.45) is 10.9 Å². The SMILES string of the molecule is C=C1O[C@@H](Cn2ccnn2)CN1c1ccc(-c2ccc(C3=NC[C@H](COC(=O)OCC[N+](C)(C)C)C3)nc2)c(F)c1. The van der Waals surface area contributed by atoms with Gasteiger partial charge in [-0.25, -0.2) is 13.9 Å². The molecule has 41 heavy (non-hydrogen) atoms. The third-order valence-electron chi connectivity index (χ3n) is 6.93. The van der Waals surface area contributed by atoms with Gasteiger partial charge in [-0.05, 0) is 37.3 Å². The summed E-state index contributed by atoms with van der Waals surface area (Å²) in [5.41, 5.74) is 3.33. The molecule has 0 amide bonds. The predicted molar refractivity (Wildman–Crippen MR) is 151 cm³/mol. The molecule has 0 bridgehead atoms. The minimum absolute atomic E-state index is 0.0718. The number of carbonyl (C=O) groups excluding carboxylic acids is 1. The van der Waals surface area contributed by atoms with Crippen LogP contribution in [0.4, 0.5) is 14.9 Å². The van der Waals surface area contributed by atoms with Gasteiger partial charge in [0.15, 0.2) is 5.88 Å². The number of ether oxygens (including phenoxy) is 3. The molecule has 0 spiro atoms. The minimum Gasteiger partial charge on any atom is -0.472 e. The summed E-state index contributed by atoms with van der Waals surface area (Å²) in [4.78, 5) is 22.8. The predicted octanol–water partition coefficient (Wildman–Crippen LogP) is 3.52. The average molecular weight is 565 g/mol. The number of carbonyl (C=O) groups is 1. The van der Waals surface area contributed by atoms with Crippen LogP contribution in [0.15, 0.2) is 66.4 Å². The fourth-order valence-electron chi connectivity index (χ4n) is 4.68. The summed E-state index contributed by atoms with van der Waals surface area (Å²) in [5, 5.41) is 7.78. The lowest BCUT2D eigenvalue weighted by molar-refractivity contribution is -0.870. The van der Waals surface area contributed by atoms with Crippen LogP contribution in [0.2, 0.25) is 0 Å². The first-order valence-corrected chi connectivity index (χ1v) is 13.5. The van der Waals surface area contributed by atoms with Crippen LogP contribution in [-0.2, 0) is 20.8 Å². The number of aromatic nitrogens is 4. The lowest BCUT2D eigenvalue weighted by Crippen LogP contribution is -2.38. The molecule has 1 saturated heterocycles. The maximum absolute atomic E-state index is 15.2. The highest BCUT2D eigenvalue weighted by Gasteiger charge is 2.29. The van der Waals surface area contributed by atoms with Crippen molar-refractivity contribution in [3.63, 3.8) is 0 Å². The zero-order valence-electron chi connectivity index (χ0n) is 23.6. The van der Waals surface area contributed by atoms with Crippen LogP contribution in [-0.4, -0.2) is 96.4 Å². The van der Waals surface area contributed by atoms with E-state index in [4.69, 9.17) is 14.2 Å². The van der Waals surface area contributed by atoms with Gasteiger partial charge in [-0.3, -0.25) is 9.98 Å². The molecule has 0 N–H and O–H groups in total. The lowest BCUT2D eigenvalue weighted by atomic mass is 10.0. The van der Waals surface area contributed by atoms with Gasteiger partial charge in [-0.1, -0.05) is 11.3 Å². The number of hydrogen-bond donors (Lipinski definition) is 0. The van der Waals surface area contributed by atoms with Crippen molar-refractivity contribution in [2.45, 2.75) is 19.1 Å². The summed E-state index contributed by atoms with van der Waals surface area (Å²) >= 11 is 0. The van der Waals surface area contributed by atoms with Crippen molar-refractivity contribution in [1.82, 2.24) is 20.0 Å². The third kappa shape index (κ3) is 7.26. The zero-order chi connectivity index (χ0) is 29.0. The Bertz CT molecular complexity index is 1400. The molecule has 1 fully saturated rings. The molecule has 0 radical (unpaired) electrons. The standard InChI is InChI=1S/C29H35FN7O4/c1-20-36(18-24(41-20)17-35-10-9-33-34-35)23-6-7-25(26(30)14-23)22-5-8-27(32-16-22)28-13-21(15-31-28)19-40-29(38)39-12-11-37(2,3)4/h5-10,14,16,21,24H,1,11-13,15,17-19H2,2-4H3/q+1/t21-,24+/m1/s1. The van der Waals surface area contributed by atoms with E-state index in [0.29, 0.717) is 66.4 Å². The van der Waals surface area contributed by atoms with Crippen LogP contribution in [0, 0.1) is 11.7 Å². The Kier molecular flexibility index (Phi) is 8.29. The fourth-order valence-corrected chi connectivity index (χ4v) is 4.68. The Morgan fingerprint density at radius 2 is 2.07 bits per heavy atom. The van der Waals surface area contributed by atoms with E-state index in [2.05, 4.69) is 26.9 Å². The molecule has 0 saturated carbocycles. The normalized spacial score (nSPS) is 18.8. The van der Waals surface area contributed by atoms with Crippen LogP contribution in [0.5, 0.6) is 0 Å². The van der Waals surface area contributed by atoms with Gasteiger partial charge < -0.3 is 23.6 Å². The van der Waals surface area contributed by atoms with Crippen LogP contribution < -0.4 is 4.90 Å². The molecule has 3 aromatic rings. The molecule has 1 aromatic carbocycles. The van der Waals surface area contributed by atoms with E-state index in [1.165, 1.54) is 6.07 Å². The second kappa shape index (κ2) is 12.0. The highest BCUT2D eigenvalue weighted by Crippen LogP contribution is 2.31. The average Bonchev–Trinajstić information content (AvgIpc) is 3.69. The molecule has 216 valence electrons. The molecule has 0 unspecified atom stereocenters. The molecule has 2 aromatic heterocycles. The van der Waals surface area contributed by atoms with Gasteiger partial charge >= 0.3 is 6.16 Å². The number of quaternary nitrogens is 1. The zero-order valence-corrected chi connectivity index (χ0v) is 23.6. The van der Waals surface area contributed by atoms with Gasteiger partial charge in [-0.2, -0.15) is 0 Å². The molecular formula is C29H35FN7O4+. The number of anilines is 1. The molecular weight excluding hydrogens is 529 g/mol. The van der Waals surface area contributed by atoms with E-state index in [0.717, 1.165) is 11.4 Å². The van der Waals surface area contributed by atoms with E-state index >= 15 is 4.39 Å². The van der Waals surface area contributed by atoms with E-state index in [1.54, 1.807) is 29.3 Å². The molecule has 0 aliphatic carbocycles. The minimum atomic E-state index is -0.657. The lowest BCUT2D eigenvalue weighted by Gasteiger charge is -2.23. The highest BCUT2D eigenvalue weighted by atomic mass is 19.1. The number of likely N-dealkylation sites (N-methyl/N-ethyl adjacent to an activating group) is 1. The number of nitrogens with zero attached hydrogens (tertiary/aromatic N) is 7. The molecule has 4 heterocycles. The maximum atomic E-state index is 15.2. The Morgan fingerprint density at radius 3 is 2.78 bits per heavy atom. The van der Waals surface area contributed by atoms with Gasteiger partial charge in [0.25, 0.3) is 0 Å². The van der Waals surface area contributed by atoms with Crippen LogP contribution in [0.3, 0.4) is 0 Å². The van der Waals surface area contributed by atoms with Crippen molar-refractivity contribution >= 4 is 17.6 Å². The first kappa shape index (κ1) is 28.2. The maximum Gasteiger partial charge on any atom is 0.508 e. The Labute approximate surface area is 238 Å². The molecule has 12 heteroatoms. The number of halogens is 1. The van der Waals surface area contributed by atoms with Gasteiger partial charge in [0.1, 0.15) is 25.1 Å². The Balaban J connectivity index is 1.13. The van der Waals surface area contributed by atoms with Crippen molar-refractivity contribution < 1.29 is 27.9 Å². The van der Waals surface area contributed by atoms with E-state index in [9.17, 15) is 4.79 Å². The molecule has 2 atom stereocenters. The van der Waals surface area contributed by atoms with Crippen molar-refractivity contribution in [3.8, 4) is 11.1 Å². The molecule has 11 nitrogen and oxygen atoms in total. The summed E-state index contributed by atoms with van der Waals surface area (Å²) in [7, 11) is 6.08. The number of hydrogen-bond acceptors (Lipinski definition) is 9. The van der Waals surface area contributed by atoms with Crippen LogP contribution in [0.25, 0.3) is 11.1 Å². The van der Waals surface area contributed by atoms with Crippen molar-refractivity contribution in [1.29, 1.82) is 0 Å². The Hall–Kier alpha value is -4.32. The number of benzene rings is 1.